The van der Waals surface area contributed by atoms with Crippen molar-refractivity contribution in [1.82, 2.24) is 5.32 Å². The molecule has 0 saturated heterocycles. The Morgan fingerprint density at radius 3 is 2.10 bits per heavy atom. The van der Waals surface area contributed by atoms with Crippen LogP contribution in [0.25, 0.3) is 0 Å². The molecule has 162 valence electrons. The largest absolute Gasteiger partial charge is 0.346 e. The molecule has 3 rings (SSSR count). The van der Waals surface area contributed by atoms with Crippen LogP contribution in [-0.4, -0.2) is 20.6 Å². The molecule has 0 aromatic heterocycles. The number of benzene rings is 3. The van der Waals surface area contributed by atoms with E-state index in [2.05, 4.69) is 5.32 Å². The van der Waals surface area contributed by atoms with Crippen molar-refractivity contribution in [1.29, 1.82) is 0 Å². The van der Waals surface area contributed by atoms with E-state index in [9.17, 15) is 13.2 Å². The molecule has 0 aliphatic heterocycles. The summed E-state index contributed by atoms with van der Waals surface area (Å²) in [6, 6.07) is 21.4. The van der Waals surface area contributed by atoms with Gasteiger partial charge in [0, 0.05) is 10.6 Å². The molecule has 1 amide bonds. The summed E-state index contributed by atoms with van der Waals surface area (Å²) in [5.74, 6) is -0.219. The van der Waals surface area contributed by atoms with Crippen molar-refractivity contribution in [3.8, 4) is 0 Å². The van der Waals surface area contributed by atoms with Crippen LogP contribution in [0.5, 0.6) is 0 Å². The number of amides is 1. The number of nitrogens with zero attached hydrogens (tertiary/aromatic N) is 1. The van der Waals surface area contributed by atoms with Crippen molar-refractivity contribution >= 4 is 33.2 Å². The molecule has 7 heteroatoms. The highest BCUT2D eigenvalue weighted by atomic mass is 35.5. The Labute approximate surface area is 188 Å². The Hall–Kier alpha value is -2.83. The second kappa shape index (κ2) is 9.54. The van der Waals surface area contributed by atoms with Gasteiger partial charge in [0.15, 0.2) is 0 Å². The average molecular weight is 457 g/mol. The van der Waals surface area contributed by atoms with E-state index >= 15 is 0 Å². The molecular weight excluding hydrogens is 432 g/mol. The first kappa shape index (κ1) is 22.8. The van der Waals surface area contributed by atoms with E-state index < -0.39 is 10.0 Å². The van der Waals surface area contributed by atoms with Crippen LogP contribution in [-0.2, 0) is 16.6 Å². The molecule has 0 aliphatic carbocycles. The zero-order valence-electron chi connectivity index (χ0n) is 17.7. The first-order valence-electron chi connectivity index (χ1n) is 9.83. The number of hydrogen-bond acceptors (Lipinski definition) is 3. The van der Waals surface area contributed by atoms with Gasteiger partial charge in [0.1, 0.15) is 0 Å². The van der Waals surface area contributed by atoms with Crippen LogP contribution >= 0.6 is 11.6 Å². The first-order chi connectivity index (χ1) is 14.6. The first-order valence-corrected chi connectivity index (χ1v) is 12.1. The number of sulfonamides is 1. The van der Waals surface area contributed by atoms with Gasteiger partial charge in [0.2, 0.25) is 10.0 Å². The average Bonchev–Trinajstić information content (AvgIpc) is 2.73. The fraction of sp³-hybridized carbons (Fsp3) is 0.208. The second-order valence-electron chi connectivity index (χ2n) is 7.55. The zero-order valence-corrected chi connectivity index (χ0v) is 19.2. The van der Waals surface area contributed by atoms with Gasteiger partial charge in [0.25, 0.3) is 5.91 Å². The molecule has 3 aromatic carbocycles. The Bertz CT molecular complexity index is 1140. The standard InChI is InChI=1S/C24H25ClN2O3S/c1-17-4-8-20(9-5-17)18(2)26-24(28)21-10-14-23(15-11-21)27(31(3,29)30)16-19-6-12-22(25)13-7-19/h4-15,18H,16H2,1-3H3,(H,26,28). The maximum absolute atomic E-state index is 12.6. The second-order valence-corrected chi connectivity index (χ2v) is 9.89. The molecule has 31 heavy (non-hydrogen) atoms. The van der Waals surface area contributed by atoms with E-state index in [1.807, 2.05) is 38.1 Å². The molecule has 0 radical (unpaired) electrons. The van der Waals surface area contributed by atoms with Crippen LogP contribution < -0.4 is 9.62 Å². The quantitative estimate of drug-likeness (QED) is 0.537. The molecule has 0 bridgehead atoms. The minimum absolute atomic E-state index is 0.148. The molecule has 1 N–H and O–H groups in total. The van der Waals surface area contributed by atoms with E-state index in [0.29, 0.717) is 16.3 Å². The monoisotopic (exact) mass is 456 g/mol. The summed E-state index contributed by atoms with van der Waals surface area (Å²) in [6.45, 7) is 4.11. The molecule has 1 atom stereocenters. The minimum atomic E-state index is -3.52. The van der Waals surface area contributed by atoms with Crippen LogP contribution in [0.4, 0.5) is 5.69 Å². The summed E-state index contributed by atoms with van der Waals surface area (Å²) in [5, 5.41) is 3.56. The maximum Gasteiger partial charge on any atom is 0.251 e. The molecule has 0 aliphatic rings. The lowest BCUT2D eigenvalue weighted by Crippen LogP contribution is -2.29. The number of nitrogens with one attached hydrogen (secondary N) is 1. The highest BCUT2D eigenvalue weighted by Crippen LogP contribution is 2.22. The maximum atomic E-state index is 12.6. The number of hydrogen-bond donors (Lipinski definition) is 1. The van der Waals surface area contributed by atoms with E-state index in [1.54, 1.807) is 48.5 Å². The van der Waals surface area contributed by atoms with E-state index in [0.717, 1.165) is 22.9 Å². The van der Waals surface area contributed by atoms with Gasteiger partial charge in [-0.15, -0.1) is 0 Å². The van der Waals surface area contributed by atoms with Gasteiger partial charge in [-0.1, -0.05) is 53.6 Å². The predicted octanol–water partition coefficient (Wildman–Crippen LogP) is 5.11. The summed E-state index contributed by atoms with van der Waals surface area (Å²) < 4.78 is 26.0. The third kappa shape index (κ3) is 6.09. The fourth-order valence-corrected chi connectivity index (χ4v) is 4.17. The minimum Gasteiger partial charge on any atom is -0.346 e. The van der Waals surface area contributed by atoms with Gasteiger partial charge in [-0.3, -0.25) is 9.10 Å². The molecule has 1 unspecified atom stereocenters. The van der Waals surface area contributed by atoms with Crippen molar-refractivity contribution in [2.75, 3.05) is 10.6 Å². The van der Waals surface area contributed by atoms with Crippen LogP contribution in [0.1, 0.15) is 40.0 Å². The third-order valence-corrected chi connectivity index (χ3v) is 6.37. The Morgan fingerprint density at radius 1 is 0.968 bits per heavy atom. The Kier molecular flexibility index (Phi) is 7.03. The summed E-state index contributed by atoms with van der Waals surface area (Å²) in [7, 11) is -3.52. The normalized spacial score (nSPS) is 12.3. The molecule has 0 spiro atoms. The predicted molar refractivity (Wildman–Crippen MR) is 126 cm³/mol. The summed E-state index contributed by atoms with van der Waals surface area (Å²) >= 11 is 5.91. The molecule has 0 saturated carbocycles. The number of rotatable bonds is 7. The summed E-state index contributed by atoms with van der Waals surface area (Å²) in [4.78, 5) is 12.6. The van der Waals surface area contributed by atoms with E-state index in [-0.39, 0.29) is 18.5 Å². The SMILES string of the molecule is Cc1ccc(C(C)NC(=O)c2ccc(N(Cc3ccc(Cl)cc3)S(C)(=O)=O)cc2)cc1. The molecule has 5 nitrogen and oxygen atoms in total. The van der Waals surface area contributed by atoms with Crippen molar-refractivity contribution in [2.45, 2.75) is 26.4 Å². The van der Waals surface area contributed by atoms with E-state index in [1.165, 1.54) is 4.31 Å². The van der Waals surface area contributed by atoms with Gasteiger partial charge < -0.3 is 5.32 Å². The molecular formula is C24H25ClN2O3S. The van der Waals surface area contributed by atoms with Crippen molar-refractivity contribution in [2.24, 2.45) is 0 Å². The van der Waals surface area contributed by atoms with Crippen molar-refractivity contribution in [3.05, 3.63) is 100 Å². The lowest BCUT2D eigenvalue weighted by Gasteiger charge is -2.23. The highest BCUT2D eigenvalue weighted by molar-refractivity contribution is 7.92. The van der Waals surface area contributed by atoms with Gasteiger partial charge in [-0.05, 0) is 61.4 Å². The summed E-state index contributed by atoms with van der Waals surface area (Å²) in [6.07, 6.45) is 1.16. The number of halogens is 1. The number of anilines is 1. The van der Waals surface area contributed by atoms with Crippen LogP contribution in [0.15, 0.2) is 72.8 Å². The van der Waals surface area contributed by atoms with Gasteiger partial charge in [-0.2, -0.15) is 0 Å². The fourth-order valence-electron chi connectivity index (χ4n) is 3.15. The van der Waals surface area contributed by atoms with E-state index in [4.69, 9.17) is 11.6 Å². The van der Waals surface area contributed by atoms with Gasteiger partial charge >= 0.3 is 0 Å². The van der Waals surface area contributed by atoms with Crippen LogP contribution in [0.2, 0.25) is 5.02 Å². The van der Waals surface area contributed by atoms with Crippen LogP contribution in [0, 0.1) is 6.92 Å². The topological polar surface area (TPSA) is 66.5 Å². The smallest absolute Gasteiger partial charge is 0.251 e. The highest BCUT2D eigenvalue weighted by Gasteiger charge is 2.19. The zero-order chi connectivity index (χ0) is 22.6. The molecule has 3 aromatic rings. The lowest BCUT2D eigenvalue weighted by atomic mass is 10.1. The Balaban J connectivity index is 1.75. The van der Waals surface area contributed by atoms with Crippen molar-refractivity contribution in [3.63, 3.8) is 0 Å². The number of carbonyl (C=O) groups is 1. The van der Waals surface area contributed by atoms with Crippen LogP contribution in [0.3, 0.4) is 0 Å². The number of carbonyl (C=O) groups excluding carboxylic acids is 1. The van der Waals surface area contributed by atoms with Gasteiger partial charge in [0.05, 0.1) is 24.5 Å². The third-order valence-electron chi connectivity index (χ3n) is 4.98. The Morgan fingerprint density at radius 2 is 1.55 bits per heavy atom. The lowest BCUT2D eigenvalue weighted by molar-refractivity contribution is 0.0940. The van der Waals surface area contributed by atoms with Crippen molar-refractivity contribution < 1.29 is 13.2 Å². The molecule has 0 heterocycles. The number of aryl methyl sites for hydroxylation is 1. The summed E-state index contributed by atoms with van der Waals surface area (Å²) in [5.41, 5.74) is 3.93. The molecule has 0 fully saturated rings. The van der Waals surface area contributed by atoms with Gasteiger partial charge in [-0.25, -0.2) is 8.42 Å².